The molecule has 1 saturated heterocycles. The van der Waals surface area contributed by atoms with Crippen LogP contribution in [0.1, 0.15) is 23.4 Å². The first kappa shape index (κ1) is 23.1. The van der Waals surface area contributed by atoms with Crippen molar-refractivity contribution in [3.8, 4) is 11.4 Å². The molecule has 0 spiro atoms. The number of amides is 1. The molecule has 33 heavy (non-hydrogen) atoms. The lowest BCUT2D eigenvalue weighted by Gasteiger charge is -2.35. The van der Waals surface area contributed by atoms with Gasteiger partial charge in [0.1, 0.15) is 0 Å². The zero-order chi connectivity index (χ0) is 23.0. The summed E-state index contributed by atoms with van der Waals surface area (Å²) < 4.78 is 5.43. The molecule has 7 nitrogen and oxygen atoms in total. The van der Waals surface area contributed by atoms with Gasteiger partial charge < -0.3 is 9.42 Å². The number of nitrogens with zero attached hydrogens (tertiary/aromatic N) is 5. The number of rotatable bonds is 9. The van der Waals surface area contributed by atoms with Crippen LogP contribution in [0, 0.1) is 6.92 Å². The fourth-order valence-corrected chi connectivity index (χ4v) is 4.13. The number of likely N-dealkylation sites (N-methyl/N-ethyl adjacent to an activating group) is 1. The third kappa shape index (κ3) is 6.73. The van der Waals surface area contributed by atoms with Gasteiger partial charge in [-0.3, -0.25) is 14.6 Å². The van der Waals surface area contributed by atoms with Crippen LogP contribution in [0.4, 0.5) is 0 Å². The van der Waals surface area contributed by atoms with E-state index >= 15 is 0 Å². The van der Waals surface area contributed by atoms with Crippen molar-refractivity contribution in [2.75, 3.05) is 46.3 Å². The van der Waals surface area contributed by atoms with Crippen molar-refractivity contribution in [1.29, 1.82) is 0 Å². The number of aryl methyl sites for hydroxylation is 2. The molecule has 0 saturated carbocycles. The van der Waals surface area contributed by atoms with Gasteiger partial charge in [0.2, 0.25) is 17.6 Å². The predicted molar refractivity (Wildman–Crippen MR) is 129 cm³/mol. The smallest absolute Gasteiger partial charge is 0.236 e. The Kier molecular flexibility index (Phi) is 7.86. The number of hydrogen-bond donors (Lipinski definition) is 0. The number of aromatic nitrogens is 2. The first-order chi connectivity index (χ1) is 16.1. The molecule has 1 aromatic heterocycles. The minimum absolute atomic E-state index is 0.211. The lowest BCUT2D eigenvalue weighted by Crippen LogP contribution is -2.51. The molecule has 1 fully saturated rings. The van der Waals surface area contributed by atoms with Crippen LogP contribution in [-0.4, -0.2) is 77.1 Å². The molecule has 4 rings (SSSR count). The Labute approximate surface area is 196 Å². The van der Waals surface area contributed by atoms with Crippen molar-refractivity contribution in [1.82, 2.24) is 24.8 Å². The quantitative estimate of drug-likeness (QED) is 0.502. The summed E-state index contributed by atoms with van der Waals surface area (Å²) in [6.07, 6.45) is 1.73. The van der Waals surface area contributed by atoms with E-state index in [0.717, 1.165) is 57.7 Å². The van der Waals surface area contributed by atoms with Crippen LogP contribution in [0.15, 0.2) is 59.1 Å². The van der Waals surface area contributed by atoms with Gasteiger partial charge in [-0.05, 0) is 32.5 Å². The Morgan fingerprint density at radius 2 is 1.76 bits per heavy atom. The average Bonchev–Trinajstić information content (AvgIpc) is 3.29. The van der Waals surface area contributed by atoms with Gasteiger partial charge >= 0.3 is 0 Å². The average molecular weight is 448 g/mol. The fraction of sp³-hybridized carbons (Fsp3) is 0.423. The van der Waals surface area contributed by atoms with Crippen molar-refractivity contribution < 1.29 is 9.32 Å². The first-order valence-corrected chi connectivity index (χ1v) is 11.7. The van der Waals surface area contributed by atoms with Crippen molar-refractivity contribution in [3.63, 3.8) is 0 Å². The maximum Gasteiger partial charge on any atom is 0.236 e. The Morgan fingerprint density at radius 1 is 1.03 bits per heavy atom. The molecule has 2 heterocycles. The van der Waals surface area contributed by atoms with Crippen LogP contribution in [-0.2, 0) is 17.8 Å². The van der Waals surface area contributed by atoms with Gasteiger partial charge in [0.15, 0.2) is 0 Å². The molecule has 0 unspecified atom stereocenters. The topological polar surface area (TPSA) is 65.7 Å². The number of benzene rings is 2. The Balaban J connectivity index is 1.15. The van der Waals surface area contributed by atoms with Crippen molar-refractivity contribution in [2.45, 2.75) is 26.3 Å². The molecule has 1 aliphatic heterocycles. The van der Waals surface area contributed by atoms with E-state index in [-0.39, 0.29) is 5.91 Å². The zero-order valence-electron chi connectivity index (χ0n) is 19.6. The van der Waals surface area contributed by atoms with E-state index < -0.39 is 0 Å². The molecule has 0 atom stereocenters. The van der Waals surface area contributed by atoms with E-state index in [9.17, 15) is 4.79 Å². The fourth-order valence-electron chi connectivity index (χ4n) is 4.13. The zero-order valence-corrected chi connectivity index (χ0v) is 19.6. The number of hydrogen-bond acceptors (Lipinski definition) is 6. The van der Waals surface area contributed by atoms with Gasteiger partial charge in [-0.25, -0.2) is 0 Å². The van der Waals surface area contributed by atoms with Crippen LogP contribution in [0.2, 0.25) is 0 Å². The molecular weight excluding hydrogens is 414 g/mol. The summed E-state index contributed by atoms with van der Waals surface area (Å²) in [6, 6.07) is 18.4. The summed E-state index contributed by atoms with van der Waals surface area (Å²) >= 11 is 0. The van der Waals surface area contributed by atoms with Crippen LogP contribution < -0.4 is 0 Å². The van der Waals surface area contributed by atoms with Gasteiger partial charge in [-0.2, -0.15) is 4.98 Å². The van der Waals surface area contributed by atoms with E-state index in [1.807, 2.05) is 42.3 Å². The Hall–Kier alpha value is -3.03. The molecule has 174 valence electrons. The monoisotopic (exact) mass is 447 g/mol. The Bertz CT molecular complexity index is 1010. The van der Waals surface area contributed by atoms with Crippen molar-refractivity contribution >= 4 is 5.91 Å². The molecule has 0 radical (unpaired) electrons. The van der Waals surface area contributed by atoms with E-state index in [2.05, 4.69) is 51.1 Å². The second-order valence-corrected chi connectivity index (χ2v) is 8.86. The standard InChI is InChI=1S/C26H33N5O2/c1-21-10-12-23(13-11-21)26-27-24(33-28-26)9-6-14-30-15-17-31(18-16-30)25(32)20-29(2)19-22-7-4-3-5-8-22/h3-5,7-8,10-13H,6,9,14-20H2,1-2H3. The molecular formula is C26H33N5O2. The largest absolute Gasteiger partial charge is 0.339 e. The third-order valence-electron chi connectivity index (χ3n) is 6.07. The number of carbonyl (C=O) groups is 1. The summed E-state index contributed by atoms with van der Waals surface area (Å²) in [6.45, 7) is 7.67. The summed E-state index contributed by atoms with van der Waals surface area (Å²) in [5, 5.41) is 4.11. The van der Waals surface area contributed by atoms with E-state index in [0.29, 0.717) is 18.3 Å². The third-order valence-corrected chi connectivity index (χ3v) is 6.07. The molecule has 0 aliphatic carbocycles. The molecule has 1 aliphatic rings. The van der Waals surface area contributed by atoms with Crippen LogP contribution in [0.5, 0.6) is 0 Å². The lowest BCUT2D eigenvalue weighted by atomic mass is 10.1. The maximum absolute atomic E-state index is 12.7. The maximum atomic E-state index is 12.7. The van der Waals surface area contributed by atoms with Crippen LogP contribution in [0.25, 0.3) is 11.4 Å². The van der Waals surface area contributed by atoms with Gasteiger partial charge in [0, 0.05) is 44.7 Å². The molecule has 1 amide bonds. The van der Waals surface area contributed by atoms with Crippen LogP contribution >= 0.6 is 0 Å². The van der Waals surface area contributed by atoms with E-state index in [1.54, 1.807) is 0 Å². The summed E-state index contributed by atoms with van der Waals surface area (Å²) in [7, 11) is 2.00. The molecule has 2 aromatic carbocycles. The van der Waals surface area contributed by atoms with Crippen molar-refractivity contribution in [2.24, 2.45) is 0 Å². The van der Waals surface area contributed by atoms with Gasteiger partial charge in [-0.1, -0.05) is 65.3 Å². The lowest BCUT2D eigenvalue weighted by molar-refractivity contribution is -0.134. The van der Waals surface area contributed by atoms with E-state index in [4.69, 9.17) is 4.52 Å². The molecule has 7 heteroatoms. The summed E-state index contributed by atoms with van der Waals surface area (Å²) in [5.41, 5.74) is 3.42. The molecule has 0 bridgehead atoms. The minimum atomic E-state index is 0.211. The molecule has 0 N–H and O–H groups in total. The minimum Gasteiger partial charge on any atom is -0.339 e. The van der Waals surface area contributed by atoms with E-state index in [1.165, 1.54) is 11.1 Å². The SMILES string of the molecule is Cc1ccc(-c2noc(CCCN3CCN(C(=O)CN(C)Cc4ccccc4)CC3)n2)cc1. The number of piperazine rings is 1. The highest BCUT2D eigenvalue weighted by Crippen LogP contribution is 2.17. The first-order valence-electron chi connectivity index (χ1n) is 11.7. The Morgan fingerprint density at radius 3 is 2.48 bits per heavy atom. The second-order valence-electron chi connectivity index (χ2n) is 8.86. The highest BCUT2D eigenvalue weighted by atomic mass is 16.5. The van der Waals surface area contributed by atoms with Gasteiger partial charge in [-0.15, -0.1) is 0 Å². The number of carbonyl (C=O) groups excluding carboxylic acids is 1. The molecule has 3 aromatic rings. The predicted octanol–water partition coefficient (Wildman–Crippen LogP) is 3.25. The van der Waals surface area contributed by atoms with Crippen LogP contribution in [0.3, 0.4) is 0 Å². The normalized spacial score (nSPS) is 14.7. The summed E-state index contributed by atoms with van der Waals surface area (Å²) in [5.74, 6) is 1.54. The summed E-state index contributed by atoms with van der Waals surface area (Å²) in [4.78, 5) is 23.7. The van der Waals surface area contributed by atoms with Gasteiger partial charge in [0.25, 0.3) is 0 Å². The highest BCUT2D eigenvalue weighted by Gasteiger charge is 2.22. The van der Waals surface area contributed by atoms with Crippen molar-refractivity contribution in [3.05, 3.63) is 71.6 Å². The van der Waals surface area contributed by atoms with Gasteiger partial charge in [0.05, 0.1) is 6.54 Å². The second kappa shape index (κ2) is 11.2. The highest BCUT2D eigenvalue weighted by molar-refractivity contribution is 5.78.